The first-order valence-electron chi connectivity index (χ1n) is 12.2. The molecule has 9 nitrogen and oxygen atoms in total. The van der Waals surface area contributed by atoms with E-state index in [2.05, 4.69) is 15.0 Å². The number of methoxy groups -OCH3 is 2. The molecule has 2 atom stereocenters. The van der Waals surface area contributed by atoms with E-state index in [1.807, 2.05) is 6.07 Å². The van der Waals surface area contributed by atoms with E-state index < -0.39 is 24.1 Å². The number of anilines is 1. The molecule has 5 rings (SSSR count). The summed E-state index contributed by atoms with van der Waals surface area (Å²) in [6.07, 6.45) is 2.43. The SMILES string of the molecule is COc1cncc(N(C(=O)O)[C@H](C)[C@H](C)Oc2cc3sc(-c4cc(Cl)cc5cc(OC)cnc45)nc3c(Cl)c2F)c1. The predicted molar refractivity (Wildman–Crippen MR) is 158 cm³/mol. The minimum Gasteiger partial charge on any atom is -0.495 e. The average molecular weight is 617 g/mol. The van der Waals surface area contributed by atoms with Crippen LogP contribution >= 0.6 is 34.5 Å². The Hall–Kier alpha value is -3.93. The van der Waals surface area contributed by atoms with Gasteiger partial charge < -0.3 is 19.3 Å². The van der Waals surface area contributed by atoms with Crippen molar-refractivity contribution < 1.29 is 28.5 Å². The summed E-state index contributed by atoms with van der Waals surface area (Å²) in [6.45, 7) is 3.29. The number of halogens is 3. The molecule has 0 spiro atoms. The maximum absolute atomic E-state index is 15.5. The largest absolute Gasteiger partial charge is 0.495 e. The number of carbonyl (C=O) groups is 1. The summed E-state index contributed by atoms with van der Waals surface area (Å²) in [5.41, 5.74) is 1.83. The average Bonchev–Trinajstić information content (AvgIpc) is 3.39. The van der Waals surface area contributed by atoms with Crippen molar-refractivity contribution in [3.63, 3.8) is 0 Å². The first-order chi connectivity index (χ1) is 19.6. The highest BCUT2D eigenvalue weighted by Gasteiger charge is 2.29. The number of hydrogen-bond donors (Lipinski definition) is 1. The van der Waals surface area contributed by atoms with Gasteiger partial charge in [-0.1, -0.05) is 23.2 Å². The van der Waals surface area contributed by atoms with Gasteiger partial charge in [-0.3, -0.25) is 14.9 Å². The molecule has 0 radical (unpaired) electrons. The van der Waals surface area contributed by atoms with Crippen LogP contribution in [0, 0.1) is 5.82 Å². The Morgan fingerprint density at radius 1 is 1.02 bits per heavy atom. The van der Waals surface area contributed by atoms with Crippen LogP contribution in [0.15, 0.2) is 48.9 Å². The first-order valence-corrected chi connectivity index (χ1v) is 13.8. The van der Waals surface area contributed by atoms with Crippen LogP contribution in [0.3, 0.4) is 0 Å². The lowest BCUT2D eigenvalue weighted by atomic mass is 10.1. The van der Waals surface area contributed by atoms with Crippen molar-refractivity contribution in [2.24, 2.45) is 0 Å². The molecule has 212 valence electrons. The van der Waals surface area contributed by atoms with Crippen LogP contribution in [0.25, 0.3) is 31.7 Å². The quantitative estimate of drug-likeness (QED) is 0.189. The minimum atomic E-state index is -1.23. The fraction of sp³-hybridized carbons (Fsp3) is 0.214. The van der Waals surface area contributed by atoms with E-state index in [-0.39, 0.29) is 22.0 Å². The molecule has 5 aromatic rings. The molecule has 1 amide bonds. The second kappa shape index (κ2) is 11.5. The van der Waals surface area contributed by atoms with Gasteiger partial charge in [0.25, 0.3) is 0 Å². The molecule has 0 saturated heterocycles. The van der Waals surface area contributed by atoms with E-state index in [1.165, 1.54) is 43.0 Å². The zero-order valence-electron chi connectivity index (χ0n) is 22.2. The van der Waals surface area contributed by atoms with Gasteiger partial charge in [0.05, 0.1) is 54.8 Å². The normalized spacial score (nSPS) is 12.8. The second-order valence-corrected chi connectivity index (χ2v) is 10.9. The number of benzene rings is 2. The summed E-state index contributed by atoms with van der Waals surface area (Å²) in [7, 11) is 3.01. The Morgan fingerprint density at radius 3 is 2.46 bits per heavy atom. The lowest BCUT2D eigenvalue weighted by Crippen LogP contribution is -2.46. The Morgan fingerprint density at radius 2 is 1.76 bits per heavy atom. The summed E-state index contributed by atoms with van der Waals surface area (Å²) in [5, 5.41) is 11.5. The molecular formula is C28H23Cl2FN4O5S. The standard InChI is InChI=1S/C28H23Cl2FN4O5S/c1-13(35(28(36)37)17-8-19(39-4)11-32-10-17)14(2)40-21-9-22-26(23(30)24(21)31)34-27(41-22)20-7-16(29)5-15-6-18(38-3)12-33-25(15)20/h5-14H,1-4H3,(H,36,37)/t13-,14+/m1/s1. The van der Waals surface area contributed by atoms with Gasteiger partial charge in [0, 0.05) is 28.1 Å². The molecule has 3 aromatic heterocycles. The number of aromatic nitrogens is 3. The molecule has 1 N–H and O–H groups in total. The van der Waals surface area contributed by atoms with Gasteiger partial charge >= 0.3 is 6.09 Å². The minimum absolute atomic E-state index is 0.134. The highest BCUT2D eigenvalue weighted by atomic mass is 35.5. The number of hydrogen-bond acceptors (Lipinski definition) is 8. The predicted octanol–water partition coefficient (Wildman–Crippen LogP) is 7.71. The molecule has 3 heterocycles. The third kappa shape index (κ3) is 5.52. The van der Waals surface area contributed by atoms with Gasteiger partial charge in [0.15, 0.2) is 11.6 Å². The molecule has 13 heteroatoms. The molecular weight excluding hydrogens is 594 g/mol. The van der Waals surface area contributed by atoms with Crippen LogP contribution in [-0.2, 0) is 0 Å². The van der Waals surface area contributed by atoms with E-state index in [1.54, 1.807) is 39.3 Å². The summed E-state index contributed by atoms with van der Waals surface area (Å²) in [5.74, 6) is 0.0267. The third-order valence-corrected chi connectivity index (χ3v) is 8.14. The highest BCUT2D eigenvalue weighted by Crippen LogP contribution is 2.42. The number of fused-ring (bicyclic) bond motifs is 2. The molecule has 0 fully saturated rings. The number of carboxylic acid groups (broad SMARTS) is 1. The first kappa shape index (κ1) is 28.6. The Kier molecular flexibility index (Phi) is 8.03. The van der Waals surface area contributed by atoms with E-state index in [9.17, 15) is 9.90 Å². The van der Waals surface area contributed by atoms with Crippen LogP contribution in [0.2, 0.25) is 10.0 Å². The van der Waals surface area contributed by atoms with Gasteiger partial charge in [0.2, 0.25) is 0 Å². The maximum atomic E-state index is 15.5. The third-order valence-electron chi connectivity index (χ3n) is 6.54. The Labute approximate surface area is 248 Å². The zero-order valence-corrected chi connectivity index (χ0v) is 24.5. The molecule has 41 heavy (non-hydrogen) atoms. The zero-order chi connectivity index (χ0) is 29.4. The smallest absolute Gasteiger partial charge is 0.412 e. The van der Waals surface area contributed by atoms with Crippen LogP contribution in [0.1, 0.15) is 13.8 Å². The van der Waals surface area contributed by atoms with Gasteiger partial charge in [-0.05, 0) is 32.0 Å². The lowest BCUT2D eigenvalue weighted by Gasteiger charge is -2.31. The van der Waals surface area contributed by atoms with Gasteiger partial charge in [-0.15, -0.1) is 11.3 Å². The summed E-state index contributed by atoms with van der Waals surface area (Å²) in [4.78, 5) is 26.4. The highest BCUT2D eigenvalue weighted by molar-refractivity contribution is 7.21. The summed E-state index contributed by atoms with van der Waals surface area (Å²) in [6, 6.07) is 7.62. The monoisotopic (exact) mass is 616 g/mol. The number of amides is 1. The van der Waals surface area contributed by atoms with Crippen molar-refractivity contribution in [3.05, 3.63) is 64.8 Å². The number of nitrogens with zero attached hydrogens (tertiary/aromatic N) is 4. The molecule has 0 saturated carbocycles. The van der Waals surface area contributed by atoms with Crippen molar-refractivity contribution in [1.29, 1.82) is 0 Å². The van der Waals surface area contributed by atoms with Gasteiger partial charge in [-0.25, -0.2) is 14.2 Å². The Bertz CT molecular complexity index is 1790. The van der Waals surface area contributed by atoms with Crippen LogP contribution < -0.4 is 19.1 Å². The van der Waals surface area contributed by atoms with E-state index in [4.69, 9.17) is 37.4 Å². The van der Waals surface area contributed by atoms with Crippen molar-refractivity contribution in [1.82, 2.24) is 15.0 Å². The number of pyridine rings is 2. The molecule has 0 aliphatic carbocycles. The fourth-order valence-corrected chi connectivity index (χ4v) is 5.87. The summed E-state index contributed by atoms with van der Waals surface area (Å²) >= 11 is 14.1. The van der Waals surface area contributed by atoms with Crippen molar-refractivity contribution in [2.45, 2.75) is 26.0 Å². The van der Waals surface area contributed by atoms with Crippen LogP contribution in [0.4, 0.5) is 14.9 Å². The fourth-order valence-electron chi connectivity index (χ4n) is 4.33. The van der Waals surface area contributed by atoms with E-state index in [0.717, 1.165) is 10.3 Å². The second-order valence-electron chi connectivity index (χ2n) is 9.07. The van der Waals surface area contributed by atoms with Crippen LogP contribution in [-0.4, -0.2) is 52.5 Å². The molecule has 0 aliphatic rings. The molecule has 0 bridgehead atoms. The number of ether oxygens (including phenoxy) is 3. The summed E-state index contributed by atoms with van der Waals surface area (Å²) < 4.78 is 32.4. The van der Waals surface area contributed by atoms with Gasteiger partial charge in [-0.2, -0.15) is 0 Å². The van der Waals surface area contributed by atoms with Crippen molar-refractivity contribution in [2.75, 3.05) is 19.1 Å². The lowest BCUT2D eigenvalue weighted by molar-refractivity contribution is 0.167. The van der Waals surface area contributed by atoms with Crippen molar-refractivity contribution in [3.8, 4) is 27.8 Å². The number of thiazole rings is 1. The van der Waals surface area contributed by atoms with Gasteiger partial charge in [0.1, 0.15) is 33.1 Å². The molecule has 0 unspecified atom stereocenters. The van der Waals surface area contributed by atoms with E-state index in [0.29, 0.717) is 37.3 Å². The maximum Gasteiger partial charge on any atom is 0.412 e. The topological polar surface area (TPSA) is 107 Å². The van der Waals surface area contributed by atoms with E-state index >= 15 is 4.39 Å². The molecule has 0 aliphatic heterocycles. The number of rotatable bonds is 8. The Balaban J connectivity index is 1.50. The van der Waals surface area contributed by atoms with Crippen molar-refractivity contribution >= 4 is 67.4 Å². The molecule has 2 aromatic carbocycles. The van der Waals surface area contributed by atoms with Crippen LogP contribution in [0.5, 0.6) is 17.2 Å².